The third kappa shape index (κ3) is 2.07. The third-order valence-electron chi connectivity index (χ3n) is 3.42. The molecule has 17 heavy (non-hydrogen) atoms. The highest BCUT2D eigenvalue weighted by Crippen LogP contribution is 2.40. The predicted molar refractivity (Wildman–Crippen MR) is 74.4 cm³/mol. The number of hydrogen-bond acceptors (Lipinski definition) is 2. The molecule has 1 atom stereocenters. The highest BCUT2D eigenvalue weighted by Gasteiger charge is 2.36. The Hall–Kier alpha value is -0.640. The van der Waals surface area contributed by atoms with E-state index in [4.69, 9.17) is 0 Å². The highest BCUT2D eigenvalue weighted by atomic mass is 79.9. The van der Waals surface area contributed by atoms with E-state index in [9.17, 15) is 5.11 Å². The van der Waals surface area contributed by atoms with E-state index in [1.807, 2.05) is 18.2 Å². The van der Waals surface area contributed by atoms with Gasteiger partial charge in [0.05, 0.1) is 9.39 Å². The van der Waals surface area contributed by atoms with E-state index in [0.29, 0.717) is 0 Å². The zero-order valence-electron chi connectivity index (χ0n) is 9.32. The molecule has 3 heteroatoms. The van der Waals surface area contributed by atoms with Crippen LogP contribution in [0.3, 0.4) is 0 Å². The zero-order chi connectivity index (χ0) is 11.9. The number of fused-ring (bicyclic) bond motifs is 1. The quantitative estimate of drug-likeness (QED) is 0.892. The van der Waals surface area contributed by atoms with Crippen LogP contribution in [-0.4, -0.2) is 5.11 Å². The van der Waals surface area contributed by atoms with Crippen LogP contribution in [0.2, 0.25) is 0 Å². The van der Waals surface area contributed by atoms with Crippen molar-refractivity contribution in [3.8, 4) is 0 Å². The van der Waals surface area contributed by atoms with Gasteiger partial charge in [0.1, 0.15) is 0 Å². The highest BCUT2D eigenvalue weighted by molar-refractivity contribution is 9.11. The molecular weight excluding hydrogens is 296 g/mol. The Bertz CT molecular complexity index is 549. The standard InChI is InChI=1S/C14H13BrOS/c15-13-6-5-11(17-13)9-14(16)8-7-10-3-1-2-4-12(10)14/h1-6,16H,7-9H2. The van der Waals surface area contributed by atoms with E-state index in [-0.39, 0.29) is 0 Å². The SMILES string of the molecule is OC1(Cc2ccc(Br)s2)CCc2ccccc21. The first-order valence-corrected chi connectivity index (χ1v) is 7.33. The van der Waals surface area contributed by atoms with Gasteiger partial charge in [0.25, 0.3) is 0 Å². The fraction of sp³-hybridized carbons (Fsp3) is 0.286. The van der Waals surface area contributed by atoms with Crippen LogP contribution in [0.4, 0.5) is 0 Å². The maximum Gasteiger partial charge on any atom is 0.0950 e. The van der Waals surface area contributed by atoms with Crippen LogP contribution in [0, 0.1) is 0 Å². The lowest BCUT2D eigenvalue weighted by atomic mass is 9.92. The first-order chi connectivity index (χ1) is 8.17. The van der Waals surface area contributed by atoms with E-state index in [1.54, 1.807) is 11.3 Å². The van der Waals surface area contributed by atoms with Gasteiger partial charge < -0.3 is 5.11 Å². The Morgan fingerprint density at radius 3 is 2.82 bits per heavy atom. The van der Waals surface area contributed by atoms with E-state index < -0.39 is 5.60 Å². The Balaban J connectivity index is 1.93. The lowest BCUT2D eigenvalue weighted by molar-refractivity contribution is 0.0398. The summed E-state index contributed by atoms with van der Waals surface area (Å²) in [6, 6.07) is 12.4. The van der Waals surface area contributed by atoms with Crippen molar-refractivity contribution < 1.29 is 5.11 Å². The van der Waals surface area contributed by atoms with Gasteiger partial charge in [-0.3, -0.25) is 0 Å². The van der Waals surface area contributed by atoms with Crippen LogP contribution in [0.5, 0.6) is 0 Å². The van der Waals surface area contributed by atoms with E-state index in [2.05, 4.69) is 34.1 Å². The summed E-state index contributed by atoms with van der Waals surface area (Å²) in [5.41, 5.74) is 1.75. The fourth-order valence-electron chi connectivity index (χ4n) is 2.59. The van der Waals surface area contributed by atoms with Crippen molar-refractivity contribution in [2.75, 3.05) is 0 Å². The molecule has 1 aromatic carbocycles. The summed E-state index contributed by atoms with van der Waals surface area (Å²) < 4.78 is 1.13. The average molecular weight is 309 g/mol. The smallest absolute Gasteiger partial charge is 0.0950 e. The zero-order valence-corrected chi connectivity index (χ0v) is 11.7. The molecule has 1 aromatic heterocycles. The van der Waals surface area contributed by atoms with Crippen molar-refractivity contribution in [1.82, 2.24) is 0 Å². The summed E-state index contributed by atoms with van der Waals surface area (Å²) in [6.45, 7) is 0. The van der Waals surface area contributed by atoms with Crippen LogP contribution in [-0.2, 0) is 18.4 Å². The number of aliphatic hydroxyl groups is 1. The maximum absolute atomic E-state index is 10.8. The van der Waals surface area contributed by atoms with E-state index in [0.717, 1.165) is 28.6 Å². The normalized spacial score (nSPS) is 22.7. The number of benzene rings is 1. The van der Waals surface area contributed by atoms with E-state index >= 15 is 0 Å². The molecule has 0 bridgehead atoms. The Morgan fingerprint density at radius 1 is 1.24 bits per heavy atom. The number of aryl methyl sites for hydroxylation is 1. The number of rotatable bonds is 2. The maximum atomic E-state index is 10.8. The second-order valence-corrected chi connectivity index (χ2v) is 7.12. The summed E-state index contributed by atoms with van der Waals surface area (Å²) in [5.74, 6) is 0. The molecule has 1 nitrogen and oxygen atoms in total. The van der Waals surface area contributed by atoms with Crippen LogP contribution >= 0.6 is 27.3 Å². The van der Waals surface area contributed by atoms with Gasteiger partial charge >= 0.3 is 0 Å². The van der Waals surface area contributed by atoms with Crippen molar-refractivity contribution in [2.24, 2.45) is 0 Å². The van der Waals surface area contributed by atoms with Gasteiger partial charge in [0.2, 0.25) is 0 Å². The molecule has 88 valence electrons. The number of thiophene rings is 1. The Kier molecular flexibility index (Phi) is 2.85. The lowest BCUT2D eigenvalue weighted by Gasteiger charge is -2.23. The van der Waals surface area contributed by atoms with Crippen LogP contribution in [0.25, 0.3) is 0 Å². The average Bonchev–Trinajstić information content (AvgIpc) is 2.86. The second-order valence-electron chi connectivity index (χ2n) is 4.57. The third-order valence-corrected chi connectivity index (χ3v) is 5.05. The first-order valence-electron chi connectivity index (χ1n) is 5.72. The first kappa shape index (κ1) is 11.5. The molecule has 0 radical (unpaired) electrons. The predicted octanol–water partition coefficient (Wildman–Crippen LogP) is 3.89. The minimum Gasteiger partial charge on any atom is -0.385 e. The van der Waals surface area contributed by atoms with Gasteiger partial charge in [-0.25, -0.2) is 0 Å². The molecule has 2 aromatic rings. The van der Waals surface area contributed by atoms with Crippen molar-refractivity contribution >= 4 is 27.3 Å². The van der Waals surface area contributed by atoms with Crippen molar-refractivity contribution in [3.05, 3.63) is 56.2 Å². The lowest BCUT2D eigenvalue weighted by Crippen LogP contribution is -2.24. The summed E-state index contributed by atoms with van der Waals surface area (Å²) in [4.78, 5) is 1.23. The summed E-state index contributed by atoms with van der Waals surface area (Å²) in [7, 11) is 0. The molecule has 0 saturated carbocycles. The molecule has 0 spiro atoms. The van der Waals surface area contributed by atoms with E-state index in [1.165, 1.54) is 10.4 Å². The molecule has 0 amide bonds. The minimum absolute atomic E-state index is 0.666. The molecule has 0 aliphatic heterocycles. The molecule has 1 aliphatic rings. The van der Waals surface area contributed by atoms with Crippen molar-refractivity contribution in [2.45, 2.75) is 24.9 Å². The molecule has 0 saturated heterocycles. The molecule has 1 heterocycles. The number of hydrogen-bond donors (Lipinski definition) is 1. The summed E-state index contributed by atoms with van der Waals surface area (Å²) in [5, 5.41) is 10.8. The Labute approximate surface area is 113 Å². The van der Waals surface area contributed by atoms with Gasteiger partial charge in [-0.2, -0.15) is 0 Å². The second kappa shape index (κ2) is 4.23. The van der Waals surface area contributed by atoms with Gasteiger partial charge in [-0.05, 0) is 52.0 Å². The van der Waals surface area contributed by atoms with Crippen molar-refractivity contribution in [1.29, 1.82) is 0 Å². The molecule has 0 fully saturated rings. The fourth-order valence-corrected chi connectivity index (χ4v) is 4.18. The topological polar surface area (TPSA) is 20.2 Å². The van der Waals surface area contributed by atoms with Gasteiger partial charge in [-0.1, -0.05) is 24.3 Å². The molecular formula is C14H13BrOS. The van der Waals surface area contributed by atoms with Gasteiger partial charge in [0.15, 0.2) is 0 Å². The minimum atomic E-state index is -0.666. The van der Waals surface area contributed by atoms with Crippen LogP contribution in [0.15, 0.2) is 40.2 Å². The van der Waals surface area contributed by atoms with Gasteiger partial charge in [0, 0.05) is 11.3 Å². The van der Waals surface area contributed by atoms with Crippen LogP contribution in [0.1, 0.15) is 22.4 Å². The largest absolute Gasteiger partial charge is 0.385 e. The summed E-state index contributed by atoms with van der Waals surface area (Å²) >= 11 is 5.17. The molecule has 1 unspecified atom stereocenters. The molecule has 1 aliphatic carbocycles. The monoisotopic (exact) mass is 308 g/mol. The Morgan fingerprint density at radius 2 is 2.06 bits per heavy atom. The van der Waals surface area contributed by atoms with Crippen molar-refractivity contribution in [3.63, 3.8) is 0 Å². The molecule has 1 N–H and O–H groups in total. The number of halogens is 1. The van der Waals surface area contributed by atoms with Crippen LogP contribution < -0.4 is 0 Å². The molecule has 3 rings (SSSR count). The summed E-state index contributed by atoms with van der Waals surface area (Å²) in [6.07, 6.45) is 2.54. The van der Waals surface area contributed by atoms with Gasteiger partial charge in [-0.15, -0.1) is 11.3 Å².